The van der Waals surface area contributed by atoms with Gasteiger partial charge in [-0.1, -0.05) is 18.9 Å². The van der Waals surface area contributed by atoms with Gasteiger partial charge in [-0.25, -0.2) is 4.79 Å². The molecular formula is C15H21NO3. The Morgan fingerprint density at radius 3 is 2.63 bits per heavy atom. The van der Waals surface area contributed by atoms with Crippen molar-refractivity contribution in [1.29, 1.82) is 0 Å². The summed E-state index contributed by atoms with van der Waals surface area (Å²) in [5.74, 6) is -0.924. The molecule has 3 N–H and O–H groups in total. The highest BCUT2D eigenvalue weighted by Crippen LogP contribution is 2.37. The summed E-state index contributed by atoms with van der Waals surface area (Å²) in [6.07, 6.45) is 4.29. The van der Waals surface area contributed by atoms with Crippen molar-refractivity contribution in [2.24, 2.45) is 5.41 Å². The maximum Gasteiger partial charge on any atom is 0.337 e. The van der Waals surface area contributed by atoms with Crippen LogP contribution in [0.2, 0.25) is 0 Å². The first-order chi connectivity index (χ1) is 9.06. The lowest BCUT2D eigenvalue weighted by atomic mass is 9.87. The molecule has 0 bridgehead atoms. The van der Waals surface area contributed by atoms with Crippen LogP contribution in [0.1, 0.15) is 41.6 Å². The number of aliphatic hydroxyl groups excluding tert-OH is 1. The van der Waals surface area contributed by atoms with Crippen LogP contribution in [0.25, 0.3) is 0 Å². The number of aliphatic hydroxyl groups is 1. The van der Waals surface area contributed by atoms with Crippen LogP contribution in [0.4, 0.5) is 5.69 Å². The Kier molecular flexibility index (Phi) is 4.10. The molecule has 4 nitrogen and oxygen atoms in total. The van der Waals surface area contributed by atoms with Crippen molar-refractivity contribution in [3.63, 3.8) is 0 Å². The van der Waals surface area contributed by atoms with E-state index in [9.17, 15) is 15.0 Å². The number of nitrogens with one attached hydrogen (secondary N) is 1. The number of anilines is 1. The third kappa shape index (κ3) is 3.07. The molecule has 0 spiro atoms. The average Bonchev–Trinajstić information content (AvgIpc) is 2.85. The molecule has 0 saturated heterocycles. The van der Waals surface area contributed by atoms with E-state index >= 15 is 0 Å². The number of hydrogen-bond acceptors (Lipinski definition) is 3. The normalized spacial score (nSPS) is 17.4. The fourth-order valence-electron chi connectivity index (χ4n) is 2.79. The molecule has 0 radical (unpaired) electrons. The van der Waals surface area contributed by atoms with Crippen molar-refractivity contribution < 1.29 is 15.0 Å². The van der Waals surface area contributed by atoms with E-state index in [0.717, 1.165) is 31.2 Å². The van der Waals surface area contributed by atoms with Crippen LogP contribution in [-0.4, -0.2) is 29.3 Å². The molecule has 0 amide bonds. The Bertz CT molecular complexity index is 464. The molecule has 1 aromatic carbocycles. The van der Waals surface area contributed by atoms with Crippen molar-refractivity contribution in [1.82, 2.24) is 0 Å². The summed E-state index contributed by atoms with van der Waals surface area (Å²) >= 11 is 0. The molecule has 1 aliphatic rings. The minimum atomic E-state index is -0.924. The topological polar surface area (TPSA) is 69.6 Å². The Morgan fingerprint density at radius 1 is 1.37 bits per heavy atom. The number of carboxylic acid groups (broad SMARTS) is 1. The van der Waals surface area contributed by atoms with Gasteiger partial charge in [0.2, 0.25) is 0 Å². The smallest absolute Gasteiger partial charge is 0.337 e. The molecule has 104 valence electrons. The molecule has 1 fully saturated rings. The molecular weight excluding hydrogens is 242 g/mol. The maximum atomic E-state index is 11.2. The van der Waals surface area contributed by atoms with Crippen molar-refractivity contribution in [2.45, 2.75) is 32.6 Å². The number of carboxylic acids is 1. The van der Waals surface area contributed by atoms with Crippen LogP contribution in [0, 0.1) is 12.3 Å². The zero-order valence-corrected chi connectivity index (χ0v) is 11.3. The van der Waals surface area contributed by atoms with Gasteiger partial charge in [-0.3, -0.25) is 0 Å². The van der Waals surface area contributed by atoms with Gasteiger partial charge in [-0.2, -0.15) is 0 Å². The Morgan fingerprint density at radius 2 is 2.05 bits per heavy atom. The number of hydrogen-bond donors (Lipinski definition) is 3. The van der Waals surface area contributed by atoms with E-state index in [4.69, 9.17) is 0 Å². The van der Waals surface area contributed by atoms with Gasteiger partial charge >= 0.3 is 5.97 Å². The number of aryl methyl sites for hydroxylation is 1. The molecule has 4 heteroatoms. The largest absolute Gasteiger partial charge is 0.478 e. The summed E-state index contributed by atoms with van der Waals surface area (Å²) in [5, 5.41) is 22.0. The highest BCUT2D eigenvalue weighted by molar-refractivity contribution is 5.94. The summed E-state index contributed by atoms with van der Waals surface area (Å²) in [5.41, 5.74) is 1.88. The summed E-state index contributed by atoms with van der Waals surface area (Å²) in [7, 11) is 0. The molecule has 0 heterocycles. The molecule has 0 atom stereocenters. The molecule has 1 aromatic rings. The first-order valence-corrected chi connectivity index (χ1v) is 6.75. The van der Waals surface area contributed by atoms with Crippen molar-refractivity contribution in [3.8, 4) is 0 Å². The SMILES string of the molecule is Cc1ccc(C(=O)O)c(NCC2(CO)CCCC2)c1. The predicted octanol–water partition coefficient (Wildman–Crippen LogP) is 2.66. The maximum absolute atomic E-state index is 11.2. The van der Waals surface area contributed by atoms with E-state index in [1.807, 2.05) is 13.0 Å². The zero-order valence-electron chi connectivity index (χ0n) is 11.3. The summed E-state index contributed by atoms with van der Waals surface area (Å²) in [6.45, 7) is 2.73. The zero-order chi connectivity index (χ0) is 13.9. The van der Waals surface area contributed by atoms with E-state index in [1.165, 1.54) is 0 Å². The highest BCUT2D eigenvalue weighted by atomic mass is 16.4. The van der Waals surface area contributed by atoms with Gasteiger partial charge in [0.15, 0.2) is 0 Å². The first kappa shape index (κ1) is 13.9. The van der Waals surface area contributed by atoms with Crippen LogP contribution < -0.4 is 5.32 Å². The third-order valence-corrected chi connectivity index (χ3v) is 4.06. The van der Waals surface area contributed by atoms with Gasteiger partial charge in [-0.05, 0) is 37.5 Å². The summed E-state index contributed by atoms with van der Waals surface area (Å²) in [4.78, 5) is 11.2. The minimum Gasteiger partial charge on any atom is -0.478 e. The van der Waals surface area contributed by atoms with Gasteiger partial charge < -0.3 is 15.5 Å². The minimum absolute atomic E-state index is 0.0838. The molecule has 0 aromatic heterocycles. The Balaban J connectivity index is 2.14. The average molecular weight is 263 g/mol. The van der Waals surface area contributed by atoms with Crippen LogP contribution in [-0.2, 0) is 0 Å². The molecule has 19 heavy (non-hydrogen) atoms. The second-order valence-corrected chi connectivity index (χ2v) is 5.57. The van der Waals surface area contributed by atoms with Crippen molar-refractivity contribution >= 4 is 11.7 Å². The van der Waals surface area contributed by atoms with Gasteiger partial charge in [-0.15, -0.1) is 0 Å². The third-order valence-electron chi connectivity index (χ3n) is 4.06. The number of aromatic carboxylic acids is 1. The second kappa shape index (κ2) is 5.61. The number of carbonyl (C=O) groups is 1. The fraction of sp³-hybridized carbons (Fsp3) is 0.533. The standard InChI is InChI=1S/C15H21NO3/c1-11-4-5-12(14(18)19)13(8-11)16-9-15(10-17)6-2-3-7-15/h4-5,8,16-17H,2-3,6-7,9-10H2,1H3,(H,18,19). The lowest BCUT2D eigenvalue weighted by Crippen LogP contribution is -2.31. The van der Waals surface area contributed by atoms with Crippen LogP contribution >= 0.6 is 0 Å². The summed E-state index contributed by atoms with van der Waals surface area (Å²) < 4.78 is 0. The monoisotopic (exact) mass is 263 g/mol. The number of rotatable bonds is 5. The van der Waals surface area contributed by atoms with E-state index in [-0.39, 0.29) is 17.6 Å². The van der Waals surface area contributed by atoms with E-state index in [0.29, 0.717) is 12.2 Å². The van der Waals surface area contributed by atoms with Crippen LogP contribution in [0.15, 0.2) is 18.2 Å². The van der Waals surface area contributed by atoms with Gasteiger partial charge in [0.1, 0.15) is 0 Å². The van der Waals surface area contributed by atoms with Crippen molar-refractivity contribution in [3.05, 3.63) is 29.3 Å². The van der Waals surface area contributed by atoms with E-state index in [1.54, 1.807) is 12.1 Å². The van der Waals surface area contributed by atoms with Crippen LogP contribution in [0.5, 0.6) is 0 Å². The fourth-order valence-corrected chi connectivity index (χ4v) is 2.79. The molecule has 0 unspecified atom stereocenters. The lowest BCUT2D eigenvalue weighted by Gasteiger charge is -2.27. The van der Waals surface area contributed by atoms with Crippen LogP contribution in [0.3, 0.4) is 0 Å². The highest BCUT2D eigenvalue weighted by Gasteiger charge is 2.33. The van der Waals surface area contributed by atoms with Gasteiger partial charge in [0.25, 0.3) is 0 Å². The second-order valence-electron chi connectivity index (χ2n) is 5.57. The molecule has 1 saturated carbocycles. The first-order valence-electron chi connectivity index (χ1n) is 6.75. The Hall–Kier alpha value is -1.55. The Labute approximate surface area is 113 Å². The molecule has 0 aliphatic heterocycles. The quantitative estimate of drug-likeness (QED) is 0.764. The summed E-state index contributed by atoms with van der Waals surface area (Å²) in [6, 6.07) is 5.27. The molecule has 1 aliphatic carbocycles. The van der Waals surface area contributed by atoms with E-state index < -0.39 is 5.97 Å². The van der Waals surface area contributed by atoms with E-state index in [2.05, 4.69) is 5.32 Å². The molecule has 2 rings (SSSR count). The lowest BCUT2D eigenvalue weighted by molar-refractivity contribution is 0.0698. The van der Waals surface area contributed by atoms with Crippen molar-refractivity contribution in [2.75, 3.05) is 18.5 Å². The predicted molar refractivity (Wildman–Crippen MR) is 74.6 cm³/mol. The van der Waals surface area contributed by atoms with Gasteiger partial charge in [0.05, 0.1) is 12.2 Å². The van der Waals surface area contributed by atoms with Gasteiger partial charge in [0, 0.05) is 17.6 Å². The number of benzene rings is 1.